The smallest absolute Gasteiger partial charge is 0.193 e. The van der Waals surface area contributed by atoms with Crippen LogP contribution in [0.1, 0.15) is 39.5 Å². The van der Waals surface area contributed by atoms with Gasteiger partial charge in [0.25, 0.3) is 0 Å². The van der Waals surface area contributed by atoms with Gasteiger partial charge in [0, 0.05) is 32.7 Å². The first-order valence-corrected chi connectivity index (χ1v) is 8.40. The summed E-state index contributed by atoms with van der Waals surface area (Å²) < 4.78 is 0. The Hall–Kier alpha value is -0.0400. The van der Waals surface area contributed by atoms with E-state index in [9.17, 15) is 0 Å². The van der Waals surface area contributed by atoms with Crippen molar-refractivity contribution in [3.63, 3.8) is 0 Å². The van der Waals surface area contributed by atoms with Gasteiger partial charge >= 0.3 is 0 Å². The highest BCUT2D eigenvalue weighted by Crippen LogP contribution is 2.17. The van der Waals surface area contributed by atoms with Crippen LogP contribution in [0.3, 0.4) is 0 Å². The standard InChI is InChI=1S/C16H32N4.HI/c1-4-17-16(20-10-5-7-14(2)12-20)18-11-15-8-6-9-19(3)13-15;/h14-15H,4-13H2,1-3H3,(H,17,18);1H. The molecule has 0 aromatic rings. The van der Waals surface area contributed by atoms with Gasteiger partial charge in [0.15, 0.2) is 5.96 Å². The average molecular weight is 408 g/mol. The fourth-order valence-corrected chi connectivity index (χ4v) is 3.45. The highest BCUT2D eigenvalue weighted by Gasteiger charge is 2.21. The Labute approximate surface area is 147 Å². The van der Waals surface area contributed by atoms with E-state index in [0.717, 1.165) is 37.4 Å². The van der Waals surface area contributed by atoms with Gasteiger partial charge in [-0.2, -0.15) is 0 Å². The van der Waals surface area contributed by atoms with E-state index in [4.69, 9.17) is 4.99 Å². The maximum Gasteiger partial charge on any atom is 0.193 e. The van der Waals surface area contributed by atoms with Crippen molar-refractivity contribution in [2.75, 3.05) is 46.3 Å². The molecule has 0 radical (unpaired) electrons. The minimum atomic E-state index is 0. The van der Waals surface area contributed by atoms with E-state index in [1.54, 1.807) is 0 Å². The number of piperidine rings is 2. The molecule has 5 heteroatoms. The van der Waals surface area contributed by atoms with Crippen molar-refractivity contribution in [2.24, 2.45) is 16.8 Å². The van der Waals surface area contributed by atoms with Crippen LogP contribution >= 0.6 is 24.0 Å². The minimum absolute atomic E-state index is 0. The predicted octanol–water partition coefficient (Wildman–Crippen LogP) is 2.64. The second kappa shape index (κ2) is 9.87. The lowest BCUT2D eigenvalue weighted by atomic mass is 9.99. The van der Waals surface area contributed by atoms with Gasteiger partial charge in [-0.25, -0.2) is 0 Å². The zero-order valence-corrected chi connectivity index (χ0v) is 16.3. The molecule has 2 aliphatic heterocycles. The van der Waals surface area contributed by atoms with Crippen molar-refractivity contribution in [3.05, 3.63) is 0 Å². The molecule has 0 amide bonds. The van der Waals surface area contributed by atoms with E-state index in [1.165, 1.54) is 45.3 Å². The topological polar surface area (TPSA) is 30.9 Å². The maximum absolute atomic E-state index is 4.93. The molecule has 2 unspecified atom stereocenters. The number of nitrogens with zero attached hydrogens (tertiary/aromatic N) is 3. The van der Waals surface area contributed by atoms with Crippen LogP contribution in [0.2, 0.25) is 0 Å². The molecule has 2 aliphatic rings. The van der Waals surface area contributed by atoms with Crippen molar-refractivity contribution in [3.8, 4) is 0 Å². The summed E-state index contributed by atoms with van der Waals surface area (Å²) in [5, 5.41) is 3.49. The van der Waals surface area contributed by atoms with Crippen LogP contribution in [0.4, 0.5) is 0 Å². The summed E-state index contributed by atoms with van der Waals surface area (Å²) in [7, 11) is 2.23. The second-order valence-electron chi connectivity index (χ2n) is 6.66. The zero-order chi connectivity index (χ0) is 14.4. The molecular weight excluding hydrogens is 375 g/mol. The summed E-state index contributed by atoms with van der Waals surface area (Å²) in [6, 6.07) is 0. The third-order valence-corrected chi connectivity index (χ3v) is 4.51. The van der Waals surface area contributed by atoms with Gasteiger partial charge in [0.05, 0.1) is 0 Å². The summed E-state index contributed by atoms with van der Waals surface area (Å²) in [4.78, 5) is 9.84. The first-order chi connectivity index (χ1) is 9.69. The van der Waals surface area contributed by atoms with Crippen molar-refractivity contribution < 1.29 is 0 Å². The molecule has 4 nitrogen and oxygen atoms in total. The van der Waals surface area contributed by atoms with E-state index in [0.29, 0.717) is 0 Å². The Kier molecular flexibility index (Phi) is 8.94. The molecule has 1 N–H and O–H groups in total. The lowest BCUT2D eigenvalue weighted by Crippen LogP contribution is -2.46. The van der Waals surface area contributed by atoms with Crippen LogP contribution < -0.4 is 5.32 Å². The monoisotopic (exact) mass is 408 g/mol. The Balaban J connectivity index is 0.00000220. The summed E-state index contributed by atoms with van der Waals surface area (Å²) >= 11 is 0. The molecule has 2 rings (SSSR count). The summed E-state index contributed by atoms with van der Waals surface area (Å²) in [5.41, 5.74) is 0. The van der Waals surface area contributed by atoms with Crippen LogP contribution in [0, 0.1) is 11.8 Å². The van der Waals surface area contributed by atoms with Gasteiger partial charge in [0.2, 0.25) is 0 Å². The molecule has 0 saturated carbocycles. The molecule has 2 saturated heterocycles. The quantitative estimate of drug-likeness (QED) is 0.443. The molecule has 0 aromatic heterocycles. The molecule has 0 aromatic carbocycles. The highest BCUT2D eigenvalue weighted by atomic mass is 127. The molecule has 2 atom stereocenters. The number of aliphatic imine (C=N–C) groups is 1. The summed E-state index contributed by atoms with van der Waals surface area (Å²) in [6.45, 7) is 11.3. The molecule has 2 fully saturated rings. The largest absolute Gasteiger partial charge is 0.357 e. The number of guanidine groups is 1. The number of rotatable bonds is 3. The Morgan fingerprint density at radius 3 is 2.62 bits per heavy atom. The van der Waals surface area contributed by atoms with E-state index in [2.05, 4.69) is 36.0 Å². The first kappa shape index (κ1) is 19.0. The SMILES string of the molecule is CCNC(=NCC1CCCN(C)C1)N1CCCC(C)C1.I. The third-order valence-electron chi connectivity index (χ3n) is 4.51. The number of halogens is 1. The maximum atomic E-state index is 4.93. The molecule has 0 aliphatic carbocycles. The Morgan fingerprint density at radius 2 is 1.95 bits per heavy atom. The van der Waals surface area contributed by atoms with Gasteiger partial charge in [0.1, 0.15) is 0 Å². The highest BCUT2D eigenvalue weighted by molar-refractivity contribution is 14.0. The van der Waals surface area contributed by atoms with Crippen molar-refractivity contribution in [1.29, 1.82) is 0 Å². The average Bonchev–Trinajstić information content (AvgIpc) is 2.43. The first-order valence-electron chi connectivity index (χ1n) is 8.40. The Morgan fingerprint density at radius 1 is 1.19 bits per heavy atom. The Bertz CT molecular complexity index is 321. The molecule has 2 heterocycles. The lowest BCUT2D eigenvalue weighted by Gasteiger charge is -2.34. The van der Waals surface area contributed by atoms with Crippen LogP contribution in [0.15, 0.2) is 4.99 Å². The number of nitrogens with one attached hydrogen (secondary N) is 1. The molecule has 0 bridgehead atoms. The fourth-order valence-electron chi connectivity index (χ4n) is 3.45. The molecule has 0 spiro atoms. The fraction of sp³-hybridized carbons (Fsp3) is 0.938. The van der Waals surface area contributed by atoms with Crippen LogP contribution in [-0.2, 0) is 0 Å². The number of hydrogen-bond donors (Lipinski definition) is 1. The van der Waals surface area contributed by atoms with Crippen molar-refractivity contribution in [1.82, 2.24) is 15.1 Å². The normalized spacial score (nSPS) is 28.1. The van der Waals surface area contributed by atoms with Crippen molar-refractivity contribution in [2.45, 2.75) is 39.5 Å². The van der Waals surface area contributed by atoms with Gasteiger partial charge in [-0.1, -0.05) is 6.92 Å². The molecule has 21 heavy (non-hydrogen) atoms. The third kappa shape index (κ3) is 6.30. The van der Waals surface area contributed by atoms with Crippen molar-refractivity contribution >= 4 is 29.9 Å². The van der Waals surface area contributed by atoms with Gasteiger partial charge in [-0.15, -0.1) is 24.0 Å². The van der Waals surface area contributed by atoms with Crippen LogP contribution in [0.5, 0.6) is 0 Å². The number of hydrogen-bond acceptors (Lipinski definition) is 2. The van der Waals surface area contributed by atoms with E-state index in [1.807, 2.05) is 0 Å². The zero-order valence-electron chi connectivity index (χ0n) is 14.0. The van der Waals surface area contributed by atoms with E-state index >= 15 is 0 Å². The minimum Gasteiger partial charge on any atom is -0.357 e. The number of likely N-dealkylation sites (tertiary alicyclic amines) is 2. The van der Waals surface area contributed by atoms with Gasteiger partial charge in [-0.05, 0) is 58.0 Å². The van der Waals surface area contributed by atoms with Crippen LogP contribution in [-0.4, -0.2) is 62.1 Å². The summed E-state index contributed by atoms with van der Waals surface area (Å²) in [6.07, 6.45) is 5.33. The van der Waals surface area contributed by atoms with E-state index < -0.39 is 0 Å². The lowest BCUT2D eigenvalue weighted by molar-refractivity contribution is 0.213. The van der Waals surface area contributed by atoms with Crippen LogP contribution in [0.25, 0.3) is 0 Å². The van der Waals surface area contributed by atoms with E-state index in [-0.39, 0.29) is 24.0 Å². The van der Waals surface area contributed by atoms with Gasteiger partial charge in [-0.3, -0.25) is 4.99 Å². The predicted molar refractivity (Wildman–Crippen MR) is 102 cm³/mol. The second-order valence-corrected chi connectivity index (χ2v) is 6.66. The summed E-state index contributed by atoms with van der Waals surface area (Å²) in [5.74, 6) is 2.69. The van der Waals surface area contributed by atoms with Gasteiger partial charge < -0.3 is 15.1 Å². The molecule has 124 valence electrons. The molecular formula is C16H33IN4.